The summed E-state index contributed by atoms with van der Waals surface area (Å²) >= 11 is 0. The second kappa shape index (κ2) is 7.01. The van der Waals surface area contributed by atoms with Gasteiger partial charge in [-0.25, -0.2) is 4.39 Å². The summed E-state index contributed by atoms with van der Waals surface area (Å²) in [5, 5.41) is 9.24. The molecule has 106 valence electrons. The van der Waals surface area contributed by atoms with E-state index in [2.05, 4.69) is 4.98 Å². The van der Waals surface area contributed by atoms with Crippen molar-refractivity contribution in [3.63, 3.8) is 0 Å². The number of aliphatic hydroxyl groups is 1. The smallest absolute Gasteiger partial charge is 0.141 e. The fourth-order valence-corrected chi connectivity index (χ4v) is 1.83. The van der Waals surface area contributed by atoms with Crippen molar-refractivity contribution in [2.75, 3.05) is 0 Å². The average Bonchev–Trinajstić information content (AvgIpc) is 2.44. The molecule has 1 atom stereocenters. The van der Waals surface area contributed by atoms with Crippen LogP contribution < -0.4 is 4.74 Å². The fraction of sp³-hybridized carbons (Fsp3) is 0.312. The molecule has 1 aromatic carbocycles. The first-order valence-corrected chi connectivity index (χ1v) is 6.63. The summed E-state index contributed by atoms with van der Waals surface area (Å²) in [7, 11) is 0. The first-order chi connectivity index (χ1) is 9.63. The van der Waals surface area contributed by atoms with Gasteiger partial charge in [0, 0.05) is 11.8 Å². The first kappa shape index (κ1) is 14.5. The minimum atomic E-state index is -0.362. The number of aromatic nitrogens is 1. The van der Waals surface area contributed by atoms with E-state index >= 15 is 0 Å². The summed E-state index contributed by atoms with van der Waals surface area (Å²) in [6.07, 6.45) is 4.05. The summed E-state index contributed by atoms with van der Waals surface area (Å²) in [5.74, 6) is 0.370. The fourth-order valence-electron chi connectivity index (χ4n) is 1.83. The Morgan fingerprint density at radius 1 is 1.20 bits per heavy atom. The number of rotatable bonds is 6. The van der Waals surface area contributed by atoms with Crippen molar-refractivity contribution >= 4 is 0 Å². The Kier molecular flexibility index (Phi) is 5.07. The van der Waals surface area contributed by atoms with Crippen LogP contribution in [0.5, 0.6) is 5.75 Å². The normalized spacial score (nSPS) is 12.2. The van der Waals surface area contributed by atoms with Gasteiger partial charge in [-0.05, 0) is 43.5 Å². The molecule has 0 fully saturated rings. The van der Waals surface area contributed by atoms with E-state index in [9.17, 15) is 9.50 Å². The molecule has 2 aromatic rings. The van der Waals surface area contributed by atoms with Crippen LogP contribution in [0.1, 0.15) is 24.5 Å². The largest absolute Gasteiger partial charge is 0.489 e. The van der Waals surface area contributed by atoms with E-state index in [0.29, 0.717) is 5.56 Å². The highest BCUT2D eigenvalue weighted by Gasteiger charge is 2.01. The van der Waals surface area contributed by atoms with Gasteiger partial charge in [0.05, 0.1) is 12.3 Å². The van der Waals surface area contributed by atoms with E-state index in [1.54, 1.807) is 13.1 Å². The molecular weight excluding hydrogens is 257 g/mol. The molecule has 0 amide bonds. The number of aryl methyl sites for hydroxylation is 1. The highest BCUT2D eigenvalue weighted by molar-refractivity contribution is 5.27. The lowest BCUT2D eigenvalue weighted by molar-refractivity contribution is 0.185. The van der Waals surface area contributed by atoms with Gasteiger partial charge in [0.15, 0.2) is 0 Å². The van der Waals surface area contributed by atoms with Gasteiger partial charge in [0.25, 0.3) is 0 Å². The van der Waals surface area contributed by atoms with Gasteiger partial charge in [-0.15, -0.1) is 0 Å². The maximum atomic E-state index is 13.0. The van der Waals surface area contributed by atoms with Crippen molar-refractivity contribution in [2.24, 2.45) is 0 Å². The Balaban J connectivity index is 1.87. The Morgan fingerprint density at radius 3 is 2.60 bits per heavy atom. The summed E-state index contributed by atoms with van der Waals surface area (Å²) < 4.78 is 18.5. The highest BCUT2D eigenvalue weighted by Crippen LogP contribution is 2.15. The van der Waals surface area contributed by atoms with E-state index < -0.39 is 0 Å². The van der Waals surface area contributed by atoms with Gasteiger partial charge < -0.3 is 9.84 Å². The second-order valence-electron chi connectivity index (χ2n) is 4.83. The van der Waals surface area contributed by atoms with Crippen molar-refractivity contribution in [3.8, 4) is 5.75 Å². The number of ether oxygens (including phenoxy) is 1. The maximum Gasteiger partial charge on any atom is 0.141 e. The van der Waals surface area contributed by atoms with E-state index in [0.717, 1.165) is 24.2 Å². The van der Waals surface area contributed by atoms with E-state index in [4.69, 9.17) is 4.74 Å². The van der Waals surface area contributed by atoms with Gasteiger partial charge in [0.1, 0.15) is 18.2 Å². The lowest BCUT2D eigenvalue weighted by atomic mass is 10.1. The topological polar surface area (TPSA) is 42.4 Å². The van der Waals surface area contributed by atoms with Gasteiger partial charge in [-0.2, -0.15) is 0 Å². The van der Waals surface area contributed by atoms with Crippen LogP contribution >= 0.6 is 0 Å². The summed E-state index contributed by atoms with van der Waals surface area (Å²) in [4.78, 5) is 3.77. The zero-order valence-corrected chi connectivity index (χ0v) is 11.4. The summed E-state index contributed by atoms with van der Waals surface area (Å²) in [6, 6.07) is 9.11. The Hall–Kier alpha value is -1.94. The minimum Gasteiger partial charge on any atom is -0.489 e. The van der Waals surface area contributed by atoms with Crippen LogP contribution in [0.3, 0.4) is 0 Å². The molecular formula is C16H18FNO2. The molecule has 3 nitrogen and oxygen atoms in total. The third-order valence-corrected chi connectivity index (χ3v) is 2.94. The van der Waals surface area contributed by atoms with Crippen LogP contribution in [0.25, 0.3) is 0 Å². The number of pyridine rings is 1. The Morgan fingerprint density at radius 2 is 1.95 bits per heavy atom. The highest BCUT2D eigenvalue weighted by atomic mass is 19.1. The predicted octanol–water partition coefficient (Wildman–Crippen LogP) is 3.11. The third-order valence-electron chi connectivity index (χ3n) is 2.94. The van der Waals surface area contributed by atoms with Crippen molar-refractivity contribution in [1.29, 1.82) is 0 Å². The molecule has 4 heteroatoms. The monoisotopic (exact) mass is 275 g/mol. The molecule has 0 aliphatic carbocycles. The number of aliphatic hydroxyl groups excluding tert-OH is 1. The third kappa shape index (κ3) is 4.63. The molecule has 0 saturated heterocycles. The molecule has 20 heavy (non-hydrogen) atoms. The van der Waals surface area contributed by atoms with Crippen molar-refractivity contribution in [3.05, 3.63) is 59.7 Å². The van der Waals surface area contributed by atoms with Crippen molar-refractivity contribution in [2.45, 2.75) is 32.5 Å². The Bertz CT molecular complexity index is 540. The molecule has 1 N–H and O–H groups in total. The van der Waals surface area contributed by atoms with Crippen molar-refractivity contribution < 1.29 is 14.2 Å². The van der Waals surface area contributed by atoms with Crippen LogP contribution in [-0.2, 0) is 13.0 Å². The molecule has 0 spiro atoms. The van der Waals surface area contributed by atoms with Crippen LogP contribution in [0.15, 0.2) is 42.7 Å². The standard InChI is InChI=1S/C16H18FNO2/c1-12(19)2-3-13-4-6-16(7-5-13)20-11-14-8-15(17)10-18-9-14/h4-10,12,19H,2-3,11H2,1H3. The van der Waals surface area contributed by atoms with Crippen LogP contribution in [0.4, 0.5) is 4.39 Å². The van der Waals surface area contributed by atoms with Gasteiger partial charge in [-0.3, -0.25) is 4.98 Å². The molecule has 1 heterocycles. The molecule has 0 aliphatic heterocycles. The maximum absolute atomic E-state index is 13.0. The Labute approximate surface area is 118 Å². The average molecular weight is 275 g/mol. The van der Waals surface area contributed by atoms with E-state index in [-0.39, 0.29) is 18.5 Å². The van der Waals surface area contributed by atoms with Crippen LogP contribution in [0, 0.1) is 5.82 Å². The molecule has 0 saturated carbocycles. The second-order valence-corrected chi connectivity index (χ2v) is 4.83. The number of hydrogen-bond donors (Lipinski definition) is 1. The lowest BCUT2D eigenvalue weighted by Crippen LogP contribution is -2.01. The van der Waals surface area contributed by atoms with Gasteiger partial charge in [0.2, 0.25) is 0 Å². The van der Waals surface area contributed by atoms with Gasteiger partial charge in [-0.1, -0.05) is 12.1 Å². The molecule has 0 bridgehead atoms. The minimum absolute atomic E-state index is 0.286. The summed E-state index contributed by atoms with van der Waals surface area (Å²) in [6.45, 7) is 2.07. The molecule has 0 aliphatic rings. The molecule has 1 aromatic heterocycles. The number of nitrogens with zero attached hydrogens (tertiary/aromatic N) is 1. The molecule has 2 rings (SSSR count). The number of hydrogen-bond acceptors (Lipinski definition) is 3. The van der Waals surface area contributed by atoms with Crippen LogP contribution in [-0.4, -0.2) is 16.2 Å². The SMILES string of the molecule is CC(O)CCc1ccc(OCc2cncc(F)c2)cc1. The molecule has 1 unspecified atom stereocenters. The van der Waals surface area contributed by atoms with Crippen molar-refractivity contribution in [1.82, 2.24) is 4.98 Å². The zero-order chi connectivity index (χ0) is 14.4. The lowest BCUT2D eigenvalue weighted by Gasteiger charge is -2.08. The van der Waals surface area contributed by atoms with E-state index in [1.165, 1.54) is 12.3 Å². The van der Waals surface area contributed by atoms with E-state index in [1.807, 2.05) is 24.3 Å². The first-order valence-electron chi connectivity index (χ1n) is 6.63. The number of halogens is 1. The predicted molar refractivity (Wildman–Crippen MR) is 75.0 cm³/mol. The quantitative estimate of drug-likeness (QED) is 0.880. The molecule has 0 radical (unpaired) electrons. The van der Waals surface area contributed by atoms with Crippen LogP contribution in [0.2, 0.25) is 0 Å². The summed E-state index contributed by atoms with van der Waals surface area (Å²) in [5.41, 5.74) is 1.86. The van der Waals surface area contributed by atoms with Gasteiger partial charge >= 0.3 is 0 Å². The number of benzene rings is 1. The zero-order valence-electron chi connectivity index (χ0n) is 11.4.